The van der Waals surface area contributed by atoms with E-state index < -0.39 is 21.9 Å². The molecule has 24 heavy (non-hydrogen) atoms. The highest BCUT2D eigenvalue weighted by atomic mass is 32.2. The van der Waals surface area contributed by atoms with Gasteiger partial charge in [0.15, 0.2) is 0 Å². The van der Waals surface area contributed by atoms with Crippen LogP contribution in [0.4, 0.5) is 5.69 Å². The molecule has 0 saturated carbocycles. The van der Waals surface area contributed by atoms with Crippen LogP contribution in [-0.2, 0) is 19.6 Å². The van der Waals surface area contributed by atoms with Gasteiger partial charge in [0.05, 0.1) is 10.8 Å². The van der Waals surface area contributed by atoms with Crippen LogP contribution < -0.4 is 4.90 Å². The number of piperidine rings is 1. The van der Waals surface area contributed by atoms with Crippen molar-refractivity contribution in [2.24, 2.45) is 11.8 Å². The molecule has 0 aliphatic carbocycles. The molecule has 1 amide bonds. The summed E-state index contributed by atoms with van der Waals surface area (Å²) in [6.07, 6.45) is 0.476. The van der Waals surface area contributed by atoms with Crippen LogP contribution in [0.5, 0.6) is 0 Å². The fourth-order valence-corrected chi connectivity index (χ4v) is 4.46. The molecule has 1 aliphatic heterocycles. The van der Waals surface area contributed by atoms with Crippen LogP contribution in [-0.4, -0.2) is 49.8 Å². The average molecular weight is 354 g/mol. The van der Waals surface area contributed by atoms with Crippen molar-refractivity contribution < 1.29 is 23.1 Å². The standard InChI is InChI=1S/C16H22N2O5S/c1-11-8-13(16(20)21)10-18(9-11)24(22,23)15-6-4-14(5-7-15)17(3)12(2)19/h4-7,11,13H,8-10H2,1-3H3,(H,20,21). The lowest BCUT2D eigenvalue weighted by molar-refractivity contribution is -0.143. The normalized spacial score (nSPS) is 22.1. The molecule has 0 aromatic heterocycles. The molecule has 1 fully saturated rings. The maximum absolute atomic E-state index is 12.8. The van der Waals surface area contributed by atoms with E-state index in [1.165, 1.54) is 28.3 Å². The first kappa shape index (κ1) is 18.4. The summed E-state index contributed by atoms with van der Waals surface area (Å²) in [5.41, 5.74) is 0.594. The van der Waals surface area contributed by atoms with E-state index in [1.807, 2.05) is 6.92 Å². The smallest absolute Gasteiger partial charge is 0.307 e. The van der Waals surface area contributed by atoms with E-state index in [0.717, 1.165) is 0 Å². The van der Waals surface area contributed by atoms with Gasteiger partial charge >= 0.3 is 5.97 Å². The van der Waals surface area contributed by atoms with E-state index >= 15 is 0 Å². The van der Waals surface area contributed by atoms with Crippen LogP contribution in [0.2, 0.25) is 0 Å². The number of hydrogen-bond donors (Lipinski definition) is 1. The Hall–Kier alpha value is -1.93. The Balaban J connectivity index is 2.26. The molecule has 2 rings (SSSR count). The number of anilines is 1. The SMILES string of the molecule is CC(=O)N(C)c1ccc(S(=O)(=O)N2CC(C)CC(C(=O)O)C2)cc1. The molecule has 1 aromatic rings. The summed E-state index contributed by atoms with van der Waals surface area (Å²) in [5.74, 6) is -1.83. The van der Waals surface area contributed by atoms with E-state index in [0.29, 0.717) is 18.7 Å². The number of sulfonamides is 1. The molecule has 1 aromatic carbocycles. The predicted octanol–water partition coefficient (Wildman–Crippen LogP) is 1.40. The van der Waals surface area contributed by atoms with Crippen LogP contribution in [0.15, 0.2) is 29.2 Å². The highest BCUT2D eigenvalue weighted by molar-refractivity contribution is 7.89. The van der Waals surface area contributed by atoms with Gasteiger partial charge in [0.1, 0.15) is 0 Å². The molecule has 0 spiro atoms. The summed E-state index contributed by atoms with van der Waals surface area (Å²) < 4.78 is 26.8. The number of carbonyl (C=O) groups is 2. The van der Waals surface area contributed by atoms with Crippen molar-refractivity contribution in [3.8, 4) is 0 Å². The molecule has 132 valence electrons. The number of hydrogen-bond acceptors (Lipinski definition) is 4. The quantitative estimate of drug-likeness (QED) is 0.882. The van der Waals surface area contributed by atoms with Gasteiger partial charge in [0.25, 0.3) is 0 Å². The van der Waals surface area contributed by atoms with Crippen molar-refractivity contribution in [1.29, 1.82) is 0 Å². The van der Waals surface area contributed by atoms with Gasteiger partial charge in [-0.2, -0.15) is 4.31 Å². The van der Waals surface area contributed by atoms with Crippen LogP contribution >= 0.6 is 0 Å². The molecule has 1 saturated heterocycles. The second kappa shape index (κ2) is 6.90. The zero-order valence-electron chi connectivity index (χ0n) is 14.0. The van der Waals surface area contributed by atoms with Gasteiger partial charge in [0, 0.05) is 32.7 Å². The number of aliphatic carboxylic acids is 1. The van der Waals surface area contributed by atoms with Crippen molar-refractivity contribution in [1.82, 2.24) is 4.31 Å². The third kappa shape index (κ3) is 3.76. The molecule has 7 nitrogen and oxygen atoms in total. The Bertz CT molecular complexity index is 729. The summed E-state index contributed by atoms with van der Waals surface area (Å²) in [6, 6.07) is 6.02. The number of carboxylic acid groups (broad SMARTS) is 1. The summed E-state index contributed by atoms with van der Waals surface area (Å²) in [4.78, 5) is 24.1. The largest absolute Gasteiger partial charge is 0.481 e. The molecule has 1 aliphatic rings. The van der Waals surface area contributed by atoms with Crippen molar-refractivity contribution in [2.75, 3.05) is 25.0 Å². The number of carbonyl (C=O) groups excluding carboxylic acids is 1. The molecule has 1 heterocycles. The number of benzene rings is 1. The lowest BCUT2D eigenvalue weighted by atomic mass is 9.92. The molecule has 2 unspecified atom stereocenters. The van der Waals surface area contributed by atoms with Crippen LogP contribution in [0.25, 0.3) is 0 Å². The number of carboxylic acids is 1. The fourth-order valence-electron chi connectivity index (χ4n) is 2.85. The topological polar surface area (TPSA) is 95.0 Å². The molecular formula is C16H22N2O5S. The first-order valence-electron chi connectivity index (χ1n) is 7.70. The van der Waals surface area contributed by atoms with Crippen LogP contribution in [0, 0.1) is 11.8 Å². The molecule has 0 bridgehead atoms. The van der Waals surface area contributed by atoms with E-state index in [2.05, 4.69) is 0 Å². The first-order chi connectivity index (χ1) is 11.1. The second-order valence-corrected chi connectivity index (χ2v) is 8.21. The van der Waals surface area contributed by atoms with Gasteiger partial charge in [0.2, 0.25) is 15.9 Å². The lowest BCUT2D eigenvalue weighted by Gasteiger charge is -2.33. The predicted molar refractivity (Wildman–Crippen MR) is 89.2 cm³/mol. The van der Waals surface area contributed by atoms with Crippen LogP contribution in [0.1, 0.15) is 20.3 Å². The van der Waals surface area contributed by atoms with Crippen molar-refractivity contribution in [3.63, 3.8) is 0 Å². The Morgan fingerprint density at radius 3 is 2.29 bits per heavy atom. The van der Waals surface area contributed by atoms with Crippen LogP contribution in [0.3, 0.4) is 0 Å². The molecule has 1 N–H and O–H groups in total. The van der Waals surface area contributed by atoms with E-state index in [-0.39, 0.29) is 23.3 Å². The van der Waals surface area contributed by atoms with Gasteiger partial charge < -0.3 is 10.0 Å². The lowest BCUT2D eigenvalue weighted by Crippen LogP contribution is -2.45. The van der Waals surface area contributed by atoms with E-state index in [4.69, 9.17) is 0 Å². The third-order valence-corrected chi connectivity index (χ3v) is 6.16. The Morgan fingerprint density at radius 1 is 1.21 bits per heavy atom. The van der Waals surface area contributed by atoms with E-state index in [1.54, 1.807) is 19.2 Å². The average Bonchev–Trinajstić information content (AvgIpc) is 2.53. The minimum Gasteiger partial charge on any atom is -0.481 e. The summed E-state index contributed by atoms with van der Waals surface area (Å²) >= 11 is 0. The molecule has 8 heteroatoms. The molecule has 0 radical (unpaired) electrons. The highest BCUT2D eigenvalue weighted by Gasteiger charge is 2.36. The minimum atomic E-state index is -3.76. The zero-order chi connectivity index (χ0) is 18.1. The Kier molecular flexibility index (Phi) is 5.29. The van der Waals surface area contributed by atoms with Gasteiger partial charge in [-0.15, -0.1) is 0 Å². The van der Waals surface area contributed by atoms with Gasteiger partial charge in [-0.05, 0) is 36.6 Å². The third-order valence-electron chi connectivity index (χ3n) is 4.31. The number of amides is 1. The van der Waals surface area contributed by atoms with Crippen molar-refractivity contribution in [3.05, 3.63) is 24.3 Å². The van der Waals surface area contributed by atoms with Gasteiger partial charge in [-0.1, -0.05) is 6.92 Å². The van der Waals surface area contributed by atoms with E-state index in [9.17, 15) is 23.1 Å². The monoisotopic (exact) mass is 354 g/mol. The van der Waals surface area contributed by atoms with Gasteiger partial charge in [-0.25, -0.2) is 8.42 Å². The highest BCUT2D eigenvalue weighted by Crippen LogP contribution is 2.28. The summed E-state index contributed by atoms with van der Waals surface area (Å²) in [7, 11) is -2.15. The summed E-state index contributed by atoms with van der Waals surface area (Å²) in [6.45, 7) is 3.56. The maximum atomic E-state index is 12.8. The zero-order valence-corrected chi connectivity index (χ0v) is 14.8. The second-order valence-electron chi connectivity index (χ2n) is 6.27. The molecule has 2 atom stereocenters. The first-order valence-corrected chi connectivity index (χ1v) is 9.14. The van der Waals surface area contributed by atoms with Gasteiger partial charge in [-0.3, -0.25) is 9.59 Å². The Labute approximate surface area is 141 Å². The molecular weight excluding hydrogens is 332 g/mol. The Morgan fingerprint density at radius 2 is 1.79 bits per heavy atom. The number of nitrogens with zero attached hydrogens (tertiary/aromatic N) is 2. The van der Waals surface area contributed by atoms with Crippen molar-refractivity contribution >= 4 is 27.6 Å². The number of rotatable bonds is 4. The summed E-state index contributed by atoms with van der Waals surface area (Å²) in [5, 5.41) is 9.20. The van der Waals surface area contributed by atoms with Crippen molar-refractivity contribution in [2.45, 2.75) is 25.2 Å². The maximum Gasteiger partial charge on any atom is 0.307 e. The minimum absolute atomic E-state index is 0.0160. The fraction of sp³-hybridized carbons (Fsp3) is 0.500.